The molecule has 2 heterocycles. The van der Waals surface area contributed by atoms with Gasteiger partial charge in [-0.1, -0.05) is 12.8 Å². The summed E-state index contributed by atoms with van der Waals surface area (Å²) in [6.07, 6.45) is 6.96. The predicted molar refractivity (Wildman–Crippen MR) is 82.2 cm³/mol. The number of nitrogens with one attached hydrogen (secondary N) is 1. The minimum atomic E-state index is 0.113. The van der Waals surface area contributed by atoms with E-state index in [1.165, 1.54) is 23.4 Å². The molecular formula is C15H23N3OS. The van der Waals surface area contributed by atoms with Crippen molar-refractivity contribution in [2.24, 2.45) is 5.41 Å². The zero-order valence-electron chi connectivity index (χ0n) is 12.3. The summed E-state index contributed by atoms with van der Waals surface area (Å²) in [6.45, 7) is 6.22. The van der Waals surface area contributed by atoms with Gasteiger partial charge in [0.1, 0.15) is 0 Å². The molecule has 0 unspecified atom stereocenters. The van der Waals surface area contributed by atoms with Gasteiger partial charge in [-0.15, -0.1) is 11.3 Å². The Morgan fingerprint density at radius 3 is 2.85 bits per heavy atom. The van der Waals surface area contributed by atoms with Crippen molar-refractivity contribution in [1.82, 2.24) is 14.7 Å². The van der Waals surface area contributed by atoms with Gasteiger partial charge in [-0.05, 0) is 26.7 Å². The van der Waals surface area contributed by atoms with Crippen LogP contribution in [-0.2, 0) is 6.54 Å². The van der Waals surface area contributed by atoms with E-state index in [0.29, 0.717) is 6.61 Å². The molecule has 0 saturated heterocycles. The number of rotatable bonds is 5. The lowest BCUT2D eigenvalue weighted by molar-refractivity contribution is 0.128. The molecule has 0 atom stereocenters. The number of hydrogen-bond donors (Lipinski definition) is 2. The summed E-state index contributed by atoms with van der Waals surface area (Å²) in [5.41, 5.74) is 2.46. The molecule has 1 aliphatic carbocycles. The van der Waals surface area contributed by atoms with Crippen LogP contribution in [0.4, 0.5) is 0 Å². The lowest BCUT2D eigenvalue weighted by Crippen LogP contribution is -2.35. The van der Waals surface area contributed by atoms with E-state index in [-0.39, 0.29) is 5.41 Å². The second-order valence-electron chi connectivity index (χ2n) is 6.11. The highest BCUT2D eigenvalue weighted by Gasteiger charge is 2.32. The number of thiazole rings is 1. The Morgan fingerprint density at radius 2 is 2.15 bits per heavy atom. The molecule has 5 heteroatoms. The molecule has 2 aromatic rings. The van der Waals surface area contributed by atoms with E-state index in [4.69, 9.17) is 0 Å². The van der Waals surface area contributed by atoms with E-state index in [0.717, 1.165) is 36.6 Å². The van der Waals surface area contributed by atoms with Gasteiger partial charge >= 0.3 is 0 Å². The number of aromatic nitrogens is 2. The standard InChI is InChI=1S/C15H23N3OS/c1-11-8-18-13(12(2)17-14(18)20-11)7-16-9-15(10-19)5-3-4-6-15/h8,16,19H,3-7,9-10H2,1-2H3. The molecule has 0 aromatic carbocycles. The third-order valence-electron chi connectivity index (χ3n) is 4.53. The summed E-state index contributed by atoms with van der Waals surface area (Å²) in [4.78, 5) is 6.98. The normalized spacial score (nSPS) is 18.1. The first-order valence-corrected chi connectivity index (χ1v) is 8.21. The summed E-state index contributed by atoms with van der Waals surface area (Å²) in [5, 5.41) is 13.2. The molecule has 1 fully saturated rings. The SMILES string of the molecule is Cc1cn2c(CNCC3(CO)CCCC3)c(C)nc2s1. The van der Waals surface area contributed by atoms with E-state index < -0.39 is 0 Å². The van der Waals surface area contributed by atoms with Crippen LogP contribution < -0.4 is 5.32 Å². The Morgan fingerprint density at radius 1 is 1.40 bits per heavy atom. The van der Waals surface area contributed by atoms with Crippen molar-refractivity contribution in [3.8, 4) is 0 Å². The van der Waals surface area contributed by atoms with Gasteiger partial charge in [0.25, 0.3) is 0 Å². The highest BCUT2D eigenvalue weighted by Crippen LogP contribution is 2.37. The largest absolute Gasteiger partial charge is 0.396 e. The molecule has 0 bridgehead atoms. The van der Waals surface area contributed by atoms with Crippen molar-refractivity contribution in [3.05, 3.63) is 22.5 Å². The van der Waals surface area contributed by atoms with Crippen molar-refractivity contribution in [1.29, 1.82) is 0 Å². The second kappa shape index (κ2) is 5.47. The summed E-state index contributed by atoms with van der Waals surface area (Å²) < 4.78 is 2.20. The lowest BCUT2D eigenvalue weighted by atomic mass is 9.87. The highest BCUT2D eigenvalue weighted by atomic mass is 32.1. The first-order chi connectivity index (χ1) is 9.63. The van der Waals surface area contributed by atoms with Crippen molar-refractivity contribution >= 4 is 16.3 Å². The predicted octanol–water partition coefficient (Wildman–Crippen LogP) is 2.65. The van der Waals surface area contributed by atoms with Gasteiger partial charge < -0.3 is 10.4 Å². The maximum atomic E-state index is 9.65. The fourth-order valence-electron chi connectivity index (χ4n) is 3.28. The maximum Gasteiger partial charge on any atom is 0.194 e. The van der Waals surface area contributed by atoms with Crippen LogP contribution in [0.25, 0.3) is 4.96 Å². The Labute approximate surface area is 123 Å². The molecule has 1 saturated carbocycles. The summed E-state index contributed by atoms with van der Waals surface area (Å²) >= 11 is 1.73. The van der Waals surface area contributed by atoms with E-state index in [9.17, 15) is 5.11 Å². The van der Waals surface area contributed by atoms with Gasteiger partial charge in [0.05, 0.1) is 11.4 Å². The van der Waals surface area contributed by atoms with E-state index >= 15 is 0 Å². The van der Waals surface area contributed by atoms with E-state index in [2.05, 4.69) is 34.7 Å². The van der Waals surface area contributed by atoms with Crippen LogP contribution in [0.1, 0.15) is 41.9 Å². The summed E-state index contributed by atoms with van der Waals surface area (Å²) in [7, 11) is 0. The number of aryl methyl sites for hydroxylation is 2. The third kappa shape index (κ3) is 2.50. The molecule has 3 rings (SSSR count). The number of nitrogens with zero attached hydrogens (tertiary/aromatic N) is 2. The fourth-order valence-corrected chi connectivity index (χ4v) is 4.17. The van der Waals surface area contributed by atoms with Gasteiger partial charge in [0.2, 0.25) is 0 Å². The first kappa shape index (κ1) is 14.0. The fraction of sp³-hybridized carbons (Fsp3) is 0.667. The molecule has 2 N–H and O–H groups in total. The highest BCUT2D eigenvalue weighted by molar-refractivity contribution is 7.17. The molecular weight excluding hydrogens is 270 g/mol. The number of aliphatic hydroxyl groups excluding tert-OH is 1. The van der Waals surface area contributed by atoms with Crippen LogP contribution >= 0.6 is 11.3 Å². The van der Waals surface area contributed by atoms with Gasteiger partial charge in [-0.25, -0.2) is 4.98 Å². The third-order valence-corrected chi connectivity index (χ3v) is 5.43. The summed E-state index contributed by atoms with van der Waals surface area (Å²) in [5.74, 6) is 0. The van der Waals surface area contributed by atoms with Crippen LogP contribution in [0.15, 0.2) is 6.20 Å². The zero-order valence-corrected chi connectivity index (χ0v) is 13.1. The van der Waals surface area contributed by atoms with Crippen LogP contribution in [0.3, 0.4) is 0 Å². The Kier molecular flexibility index (Phi) is 3.84. The van der Waals surface area contributed by atoms with Gasteiger partial charge in [0.15, 0.2) is 4.96 Å². The van der Waals surface area contributed by atoms with Crippen LogP contribution in [-0.4, -0.2) is 27.6 Å². The number of aliphatic hydroxyl groups is 1. The van der Waals surface area contributed by atoms with Gasteiger partial charge in [-0.3, -0.25) is 4.40 Å². The number of imidazole rings is 1. The molecule has 2 aromatic heterocycles. The van der Waals surface area contributed by atoms with Crippen LogP contribution in [0.5, 0.6) is 0 Å². The summed E-state index contributed by atoms with van der Waals surface area (Å²) in [6, 6.07) is 0. The van der Waals surface area contributed by atoms with Crippen molar-refractivity contribution < 1.29 is 5.11 Å². The maximum absolute atomic E-state index is 9.65. The lowest BCUT2D eigenvalue weighted by Gasteiger charge is -2.26. The molecule has 0 amide bonds. The Hall–Kier alpha value is -0.910. The molecule has 110 valence electrons. The van der Waals surface area contributed by atoms with Crippen LogP contribution in [0.2, 0.25) is 0 Å². The van der Waals surface area contributed by atoms with E-state index in [1.54, 1.807) is 11.3 Å². The zero-order chi connectivity index (χ0) is 14.2. The minimum absolute atomic E-state index is 0.113. The molecule has 0 spiro atoms. The average Bonchev–Trinajstić information content (AvgIpc) is 3.08. The van der Waals surface area contributed by atoms with Crippen molar-refractivity contribution in [2.75, 3.05) is 13.2 Å². The van der Waals surface area contributed by atoms with Crippen LogP contribution in [0, 0.1) is 19.3 Å². The minimum Gasteiger partial charge on any atom is -0.396 e. The van der Waals surface area contributed by atoms with Crippen molar-refractivity contribution in [3.63, 3.8) is 0 Å². The molecule has 0 aliphatic heterocycles. The Balaban J connectivity index is 1.69. The molecule has 1 aliphatic rings. The Bertz CT molecular complexity index is 596. The topological polar surface area (TPSA) is 49.6 Å². The smallest absolute Gasteiger partial charge is 0.194 e. The molecule has 20 heavy (non-hydrogen) atoms. The average molecular weight is 293 g/mol. The van der Waals surface area contributed by atoms with Crippen molar-refractivity contribution in [2.45, 2.75) is 46.1 Å². The number of fused-ring (bicyclic) bond motifs is 1. The quantitative estimate of drug-likeness (QED) is 0.891. The molecule has 0 radical (unpaired) electrons. The van der Waals surface area contributed by atoms with Gasteiger partial charge in [0, 0.05) is 36.2 Å². The number of hydrogen-bond acceptors (Lipinski definition) is 4. The molecule has 4 nitrogen and oxygen atoms in total. The second-order valence-corrected chi connectivity index (χ2v) is 7.32. The first-order valence-electron chi connectivity index (χ1n) is 7.39. The monoisotopic (exact) mass is 293 g/mol. The van der Waals surface area contributed by atoms with E-state index in [1.807, 2.05) is 0 Å². The van der Waals surface area contributed by atoms with Gasteiger partial charge in [-0.2, -0.15) is 0 Å².